The number of pyridine rings is 1. The van der Waals surface area contributed by atoms with E-state index < -0.39 is 5.91 Å². The van der Waals surface area contributed by atoms with Gasteiger partial charge in [-0.05, 0) is 48.9 Å². The number of nitrogens with one attached hydrogen (secondary N) is 1. The largest absolute Gasteiger partial charge is 0.366 e. The molecule has 0 saturated heterocycles. The van der Waals surface area contributed by atoms with Gasteiger partial charge in [-0.2, -0.15) is 0 Å². The van der Waals surface area contributed by atoms with E-state index in [1.165, 1.54) is 11.8 Å². The van der Waals surface area contributed by atoms with Crippen LogP contribution in [0.15, 0.2) is 53.7 Å². The Morgan fingerprint density at radius 2 is 1.97 bits per heavy atom. The first-order valence-electron chi connectivity index (χ1n) is 8.69. The summed E-state index contributed by atoms with van der Waals surface area (Å²) in [4.78, 5) is 23.9. The van der Waals surface area contributed by atoms with Crippen molar-refractivity contribution in [1.29, 1.82) is 0 Å². The molecule has 4 rings (SSSR count). The highest BCUT2D eigenvalue weighted by Gasteiger charge is 2.15. The third kappa shape index (κ3) is 3.76. The van der Waals surface area contributed by atoms with Gasteiger partial charge < -0.3 is 11.1 Å². The number of carbonyl (C=O) groups is 2. The second kappa shape index (κ2) is 7.73. The van der Waals surface area contributed by atoms with Crippen molar-refractivity contribution in [2.24, 2.45) is 5.73 Å². The summed E-state index contributed by atoms with van der Waals surface area (Å²) in [6.45, 7) is 1.99. The number of aryl methyl sites for hydroxylation is 1. The van der Waals surface area contributed by atoms with Crippen LogP contribution in [0.5, 0.6) is 0 Å². The first-order valence-corrected chi connectivity index (χ1v) is 10.1. The highest BCUT2D eigenvalue weighted by molar-refractivity contribution is 7.99. The van der Waals surface area contributed by atoms with Crippen molar-refractivity contribution < 1.29 is 9.59 Å². The summed E-state index contributed by atoms with van der Waals surface area (Å²) < 4.78 is 1.90. The monoisotopic (exact) mass is 425 g/mol. The van der Waals surface area contributed by atoms with Gasteiger partial charge in [0.25, 0.3) is 5.91 Å². The lowest BCUT2D eigenvalue weighted by Crippen LogP contribution is -2.19. The minimum atomic E-state index is -0.600. The summed E-state index contributed by atoms with van der Waals surface area (Å²) in [5.41, 5.74) is 8.64. The zero-order valence-electron chi connectivity index (χ0n) is 15.3. The molecule has 0 aliphatic heterocycles. The van der Waals surface area contributed by atoms with Gasteiger partial charge in [0.1, 0.15) is 0 Å². The van der Waals surface area contributed by atoms with Crippen LogP contribution < -0.4 is 11.1 Å². The van der Waals surface area contributed by atoms with Crippen LogP contribution in [-0.2, 0) is 4.79 Å². The molecule has 0 atom stereocenters. The van der Waals surface area contributed by atoms with Crippen LogP contribution >= 0.6 is 23.4 Å². The number of para-hydroxylation sites is 1. The molecule has 0 spiro atoms. The molecule has 0 saturated carbocycles. The number of fused-ring (bicyclic) bond motifs is 3. The average Bonchev–Trinajstić information content (AvgIpc) is 3.09. The molecule has 0 unspecified atom stereocenters. The molecular formula is C20H16ClN5O2S. The molecule has 2 heterocycles. The second-order valence-electron chi connectivity index (χ2n) is 6.41. The van der Waals surface area contributed by atoms with Gasteiger partial charge in [0, 0.05) is 10.4 Å². The standard InChI is InChI=1S/C20H16ClN5O2S/c1-11-8-17-24-25-20(26(17)16-7-6-12(21)9-14(11)16)29-10-18(27)23-15-5-3-2-4-13(15)19(22)28/h2-9H,10H2,1H3,(H2,22,28)(H,23,27). The Morgan fingerprint density at radius 1 is 1.17 bits per heavy atom. The van der Waals surface area contributed by atoms with Crippen LogP contribution in [0.3, 0.4) is 0 Å². The molecular weight excluding hydrogens is 410 g/mol. The topological polar surface area (TPSA) is 102 Å². The second-order valence-corrected chi connectivity index (χ2v) is 7.79. The van der Waals surface area contributed by atoms with E-state index in [9.17, 15) is 9.59 Å². The molecule has 0 aliphatic rings. The van der Waals surface area contributed by atoms with Crippen molar-refractivity contribution in [3.05, 3.63) is 64.7 Å². The van der Waals surface area contributed by atoms with Crippen molar-refractivity contribution >= 4 is 57.4 Å². The van der Waals surface area contributed by atoms with Crippen LogP contribution in [0.1, 0.15) is 15.9 Å². The first kappa shape index (κ1) is 19.2. The third-order valence-corrected chi connectivity index (χ3v) is 5.59. The van der Waals surface area contributed by atoms with Crippen molar-refractivity contribution in [1.82, 2.24) is 14.6 Å². The van der Waals surface area contributed by atoms with Gasteiger partial charge in [0.2, 0.25) is 5.91 Å². The number of nitrogens with zero attached hydrogens (tertiary/aromatic N) is 3. The fourth-order valence-corrected chi connectivity index (χ4v) is 4.03. The van der Waals surface area contributed by atoms with Crippen molar-refractivity contribution in [3.63, 3.8) is 0 Å². The minimum absolute atomic E-state index is 0.0941. The van der Waals surface area contributed by atoms with Crippen LogP contribution in [0.25, 0.3) is 16.6 Å². The highest BCUT2D eigenvalue weighted by Crippen LogP contribution is 2.28. The van der Waals surface area contributed by atoms with E-state index in [2.05, 4.69) is 15.5 Å². The molecule has 2 amide bonds. The maximum absolute atomic E-state index is 12.4. The van der Waals surface area contributed by atoms with E-state index in [-0.39, 0.29) is 17.2 Å². The summed E-state index contributed by atoms with van der Waals surface area (Å²) in [6, 6.07) is 14.2. The van der Waals surface area contributed by atoms with Gasteiger partial charge in [0.05, 0.1) is 22.5 Å². The molecule has 0 radical (unpaired) electrons. The van der Waals surface area contributed by atoms with Gasteiger partial charge in [-0.15, -0.1) is 10.2 Å². The summed E-state index contributed by atoms with van der Waals surface area (Å²) in [7, 11) is 0. The predicted octanol–water partition coefficient (Wildman–Crippen LogP) is 3.67. The fourth-order valence-electron chi connectivity index (χ4n) is 3.11. The number of hydrogen-bond acceptors (Lipinski definition) is 5. The summed E-state index contributed by atoms with van der Waals surface area (Å²) >= 11 is 7.39. The van der Waals surface area contributed by atoms with Gasteiger partial charge in [-0.3, -0.25) is 14.0 Å². The van der Waals surface area contributed by atoms with E-state index in [1.54, 1.807) is 24.3 Å². The number of amides is 2. The molecule has 146 valence electrons. The SMILES string of the molecule is Cc1cc2nnc(SCC(=O)Nc3ccccc3C(N)=O)n2c2ccc(Cl)cc12. The van der Waals surface area contributed by atoms with Gasteiger partial charge in [0.15, 0.2) is 10.8 Å². The van der Waals surface area contributed by atoms with E-state index in [0.29, 0.717) is 21.5 Å². The molecule has 4 aromatic rings. The average molecular weight is 426 g/mol. The molecule has 2 aromatic heterocycles. The summed E-state index contributed by atoms with van der Waals surface area (Å²) in [5, 5.41) is 13.4. The molecule has 7 nitrogen and oxygen atoms in total. The number of hydrogen-bond donors (Lipinski definition) is 2. The molecule has 9 heteroatoms. The maximum Gasteiger partial charge on any atom is 0.250 e. The Hall–Kier alpha value is -3.10. The first-order chi connectivity index (χ1) is 13.9. The molecule has 2 aromatic carbocycles. The van der Waals surface area contributed by atoms with E-state index in [1.807, 2.05) is 35.6 Å². The number of thioether (sulfide) groups is 1. The molecule has 0 fully saturated rings. The van der Waals surface area contributed by atoms with Gasteiger partial charge >= 0.3 is 0 Å². The number of aromatic nitrogens is 3. The van der Waals surface area contributed by atoms with Crippen LogP contribution in [0.4, 0.5) is 5.69 Å². The van der Waals surface area contributed by atoms with Crippen LogP contribution in [0, 0.1) is 6.92 Å². The van der Waals surface area contributed by atoms with Gasteiger partial charge in [-0.25, -0.2) is 0 Å². The van der Waals surface area contributed by atoms with Gasteiger partial charge in [-0.1, -0.05) is 35.5 Å². The van der Waals surface area contributed by atoms with Crippen LogP contribution in [-0.4, -0.2) is 32.2 Å². The van der Waals surface area contributed by atoms with Crippen LogP contribution in [0.2, 0.25) is 5.02 Å². The zero-order chi connectivity index (χ0) is 20.5. The molecule has 3 N–H and O–H groups in total. The predicted molar refractivity (Wildman–Crippen MR) is 115 cm³/mol. The number of primary amides is 1. The lowest BCUT2D eigenvalue weighted by molar-refractivity contribution is -0.113. The fraction of sp³-hybridized carbons (Fsp3) is 0.100. The zero-order valence-corrected chi connectivity index (χ0v) is 16.9. The van der Waals surface area contributed by atoms with Crippen molar-refractivity contribution in [3.8, 4) is 0 Å². The normalized spacial score (nSPS) is 11.1. The third-order valence-electron chi connectivity index (χ3n) is 4.43. The smallest absolute Gasteiger partial charge is 0.250 e. The number of anilines is 1. The molecule has 0 bridgehead atoms. The summed E-state index contributed by atoms with van der Waals surface area (Å²) in [5.74, 6) is -0.783. The number of nitrogens with two attached hydrogens (primary N) is 1. The lowest BCUT2D eigenvalue weighted by Gasteiger charge is -2.09. The maximum atomic E-state index is 12.4. The number of benzene rings is 2. The number of rotatable bonds is 5. The number of carbonyl (C=O) groups excluding carboxylic acids is 2. The Bertz CT molecular complexity index is 1270. The Labute approximate surface area is 175 Å². The Balaban J connectivity index is 1.59. The number of halogens is 1. The minimum Gasteiger partial charge on any atom is -0.366 e. The summed E-state index contributed by atoms with van der Waals surface area (Å²) in [6.07, 6.45) is 0. The van der Waals surface area contributed by atoms with Crippen molar-refractivity contribution in [2.45, 2.75) is 12.1 Å². The molecule has 0 aliphatic carbocycles. The lowest BCUT2D eigenvalue weighted by atomic mass is 10.1. The Kier molecular flexibility index (Phi) is 5.12. The van der Waals surface area contributed by atoms with E-state index in [4.69, 9.17) is 17.3 Å². The van der Waals surface area contributed by atoms with Crippen molar-refractivity contribution in [2.75, 3.05) is 11.1 Å². The Morgan fingerprint density at radius 3 is 2.76 bits per heavy atom. The van der Waals surface area contributed by atoms with E-state index >= 15 is 0 Å². The quantitative estimate of drug-likeness (QED) is 0.475. The highest BCUT2D eigenvalue weighted by atomic mass is 35.5. The van der Waals surface area contributed by atoms with E-state index in [0.717, 1.165) is 16.5 Å². The molecule has 29 heavy (non-hydrogen) atoms.